The van der Waals surface area contributed by atoms with Gasteiger partial charge in [0, 0.05) is 13.6 Å². The summed E-state index contributed by atoms with van der Waals surface area (Å²) in [5, 5.41) is 11.9. The van der Waals surface area contributed by atoms with E-state index in [9.17, 15) is 14.7 Å². The molecule has 0 unspecified atom stereocenters. The van der Waals surface area contributed by atoms with Crippen LogP contribution in [0.3, 0.4) is 0 Å². The SMILES string of the molecule is CC(C)C[C@@H](C(=O)O)N(C)C(=O)NCc1ccccc1. The standard InChI is InChI=1S/C15H22N2O3/c1-11(2)9-13(14(18)19)17(3)15(20)16-10-12-7-5-4-6-8-12/h4-8,11,13H,9-10H2,1-3H3,(H,16,20)(H,18,19)/t13-/m0/s1. The van der Waals surface area contributed by atoms with E-state index >= 15 is 0 Å². The minimum absolute atomic E-state index is 0.209. The third kappa shape index (κ3) is 4.91. The predicted octanol–water partition coefficient (Wildman–Crippen LogP) is 2.33. The Bertz CT molecular complexity index is 446. The van der Waals surface area contributed by atoms with E-state index < -0.39 is 12.0 Å². The Morgan fingerprint density at radius 1 is 1.25 bits per heavy atom. The molecule has 0 saturated carbocycles. The van der Waals surface area contributed by atoms with Crippen LogP contribution >= 0.6 is 0 Å². The largest absolute Gasteiger partial charge is 0.480 e. The van der Waals surface area contributed by atoms with Crippen LogP contribution in [0.25, 0.3) is 0 Å². The third-order valence-electron chi connectivity index (χ3n) is 3.05. The van der Waals surface area contributed by atoms with Crippen LogP contribution in [0.15, 0.2) is 30.3 Å². The Balaban J connectivity index is 2.58. The molecular formula is C15H22N2O3. The van der Waals surface area contributed by atoms with Gasteiger partial charge in [-0.25, -0.2) is 9.59 Å². The minimum Gasteiger partial charge on any atom is -0.480 e. The summed E-state index contributed by atoms with van der Waals surface area (Å²) in [5.74, 6) is -0.767. The number of likely N-dealkylation sites (N-methyl/N-ethyl adjacent to an activating group) is 1. The molecule has 1 aromatic carbocycles. The van der Waals surface area contributed by atoms with E-state index in [0.717, 1.165) is 5.56 Å². The first kappa shape index (κ1) is 16.0. The van der Waals surface area contributed by atoms with Gasteiger partial charge in [0.15, 0.2) is 0 Å². The van der Waals surface area contributed by atoms with Gasteiger partial charge in [0.25, 0.3) is 0 Å². The summed E-state index contributed by atoms with van der Waals surface area (Å²) in [6, 6.07) is 8.33. The van der Waals surface area contributed by atoms with Crippen molar-refractivity contribution in [3.63, 3.8) is 0 Å². The zero-order valence-corrected chi connectivity index (χ0v) is 12.2. The number of carbonyl (C=O) groups is 2. The van der Waals surface area contributed by atoms with E-state index in [1.807, 2.05) is 44.2 Å². The number of urea groups is 1. The number of carboxylic acids is 1. The molecule has 0 spiro atoms. The van der Waals surface area contributed by atoms with Crippen molar-refractivity contribution < 1.29 is 14.7 Å². The van der Waals surface area contributed by atoms with E-state index in [-0.39, 0.29) is 11.9 Å². The summed E-state index contributed by atoms with van der Waals surface area (Å²) in [6.07, 6.45) is 0.435. The zero-order valence-electron chi connectivity index (χ0n) is 12.2. The Hall–Kier alpha value is -2.04. The summed E-state index contributed by atoms with van der Waals surface area (Å²) < 4.78 is 0. The minimum atomic E-state index is -0.976. The maximum absolute atomic E-state index is 12.0. The van der Waals surface area contributed by atoms with Crippen molar-refractivity contribution in [2.24, 2.45) is 5.92 Å². The fourth-order valence-corrected chi connectivity index (χ4v) is 1.91. The molecular weight excluding hydrogens is 256 g/mol. The number of nitrogens with zero attached hydrogens (tertiary/aromatic N) is 1. The summed E-state index contributed by atoms with van der Waals surface area (Å²) in [5.41, 5.74) is 0.977. The average Bonchev–Trinajstić information content (AvgIpc) is 2.42. The van der Waals surface area contributed by atoms with Crippen LogP contribution < -0.4 is 5.32 Å². The highest BCUT2D eigenvalue weighted by atomic mass is 16.4. The van der Waals surface area contributed by atoms with Crippen molar-refractivity contribution in [1.29, 1.82) is 0 Å². The molecule has 1 atom stereocenters. The van der Waals surface area contributed by atoms with Gasteiger partial charge in [-0.3, -0.25) is 0 Å². The number of carboxylic acid groups (broad SMARTS) is 1. The molecule has 20 heavy (non-hydrogen) atoms. The van der Waals surface area contributed by atoms with Gasteiger partial charge in [0.2, 0.25) is 0 Å². The Morgan fingerprint density at radius 2 is 1.85 bits per heavy atom. The molecule has 0 aromatic heterocycles. The van der Waals surface area contributed by atoms with Crippen molar-refractivity contribution >= 4 is 12.0 Å². The Labute approximate surface area is 119 Å². The average molecular weight is 278 g/mol. The molecule has 2 N–H and O–H groups in total. The van der Waals surface area contributed by atoms with Crippen LogP contribution in [0.5, 0.6) is 0 Å². The lowest BCUT2D eigenvalue weighted by atomic mass is 10.0. The molecule has 5 nitrogen and oxygen atoms in total. The molecule has 0 fully saturated rings. The fraction of sp³-hybridized carbons (Fsp3) is 0.467. The highest BCUT2D eigenvalue weighted by molar-refractivity contribution is 5.82. The van der Waals surface area contributed by atoms with Gasteiger partial charge in [-0.15, -0.1) is 0 Å². The molecule has 5 heteroatoms. The molecule has 0 aliphatic heterocycles. The van der Waals surface area contributed by atoms with Crippen molar-refractivity contribution in [2.75, 3.05) is 7.05 Å². The van der Waals surface area contributed by atoms with Gasteiger partial charge >= 0.3 is 12.0 Å². The third-order valence-corrected chi connectivity index (χ3v) is 3.05. The fourth-order valence-electron chi connectivity index (χ4n) is 1.91. The number of hydrogen-bond donors (Lipinski definition) is 2. The predicted molar refractivity (Wildman–Crippen MR) is 77.3 cm³/mol. The summed E-state index contributed by atoms with van der Waals surface area (Å²) in [6.45, 7) is 4.26. The van der Waals surface area contributed by atoms with Crippen LogP contribution in [-0.2, 0) is 11.3 Å². The van der Waals surface area contributed by atoms with Crippen molar-refractivity contribution in [1.82, 2.24) is 10.2 Å². The van der Waals surface area contributed by atoms with E-state index in [4.69, 9.17) is 0 Å². The number of carbonyl (C=O) groups excluding carboxylic acids is 1. The molecule has 0 saturated heterocycles. The van der Waals surface area contributed by atoms with Crippen LogP contribution in [-0.4, -0.2) is 35.1 Å². The van der Waals surface area contributed by atoms with Gasteiger partial charge in [-0.1, -0.05) is 44.2 Å². The summed E-state index contributed by atoms with van der Waals surface area (Å²) in [4.78, 5) is 24.5. The molecule has 1 aromatic rings. The molecule has 0 aliphatic rings. The Morgan fingerprint density at radius 3 is 2.35 bits per heavy atom. The van der Waals surface area contributed by atoms with E-state index in [2.05, 4.69) is 5.32 Å². The lowest BCUT2D eigenvalue weighted by Gasteiger charge is -2.26. The highest BCUT2D eigenvalue weighted by Crippen LogP contribution is 2.11. The topological polar surface area (TPSA) is 69.6 Å². The first-order chi connectivity index (χ1) is 9.41. The van der Waals surface area contributed by atoms with Crippen LogP contribution in [0.2, 0.25) is 0 Å². The van der Waals surface area contributed by atoms with E-state index in [1.54, 1.807) is 0 Å². The highest BCUT2D eigenvalue weighted by Gasteiger charge is 2.27. The summed E-state index contributed by atoms with van der Waals surface area (Å²) >= 11 is 0. The molecule has 0 heterocycles. The number of hydrogen-bond acceptors (Lipinski definition) is 2. The number of aliphatic carboxylic acids is 1. The molecule has 0 bridgehead atoms. The van der Waals surface area contributed by atoms with Crippen molar-refractivity contribution in [2.45, 2.75) is 32.9 Å². The quantitative estimate of drug-likeness (QED) is 0.839. The zero-order chi connectivity index (χ0) is 15.1. The molecule has 0 radical (unpaired) electrons. The summed E-state index contributed by atoms with van der Waals surface area (Å²) in [7, 11) is 1.52. The Kier molecular flexibility index (Phi) is 6.03. The molecule has 1 rings (SSSR count). The lowest BCUT2D eigenvalue weighted by molar-refractivity contribution is -0.142. The van der Waals surface area contributed by atoms with Crippen LogP contribution in [0, 0.1) is 5.92 Å². The second-order valence-electron chi connectivity index (χ2n) is 5.24. The maximum atomic E-state index is 12.0. The number of rotatable bonds is 6. The van der Waals surface area contributed by atoms with Crippen LogP contribution in [0.1, 0.15) is 25.8 Å². The first-order valence-corrected chi connectivity index (χ1v) is 6.69. The monoisotopic (exact) mass is 278 g/mol. The lowest BCUT2D eigenvalue weighted by Crippen LogP contribution is -2.47. The normalized spacial score (nSPS) is 12.0. The van der Waals surface area contributed by atoms with Gasteiger partial charge in [0.1, 0.15) is 6.04 Å². The maximum Gasteiger partial charge on any atom is 0.326 e. The smallest absolute Gasteiger partial charge is 0.326 e. The molecule has 0 aliphatic carbocycles. The van der Waals surface area contributed by atoms with Gasteiger partial charge in [0.05, 0.1) is 0 Å². The molecule has 2 amide bonds. The van der Waals surface area contributed by atoms with Gasteiger partial charge in [-0.2, -0.15) is 0 Å². The second-order valence-corrected chi connectivity index (χ2v) is 5.24. The van der Waals surface area contributed by atoms with Crippen molar-refractivity contribution in [3.8, 4) is 0 Å². The van der Waals surface area contributed by atoms with Gasteiger partial charge in [-0.05, 0) is 17.9 Å². The van der Waals surface area contributed by atoms with E-state index in [0.29, 0.717) is 13.0 Å². The van der Waals surface area contributed by atoms with Crippen LogP contribution in [0.4, 0.5) is 4.79 Å². The van der Waals surface area contributed by atoms with Crippen molar-refractivity contribution in [3.05, 3.63) is 35.9 Å². The van der Waals surface area contributed by atoms with E-state index in [1.165, 1.54) is 11.9 Å². The number of nitrogens with one attached hydrogen (secondary N) is 1. The molecule has 110 valence electrons. The van der Waals surface area contributed by atoms with Gasteiger partial charge < -0.3 is 15.3 Å². The number of benzene rings is 1. The first-order valence-electron chi connectivity index (χ1n) is 6.69. The second kappa shape index (κ2) is 7.53. The number of amides is 2.